The molecule has 18 heavy (non-hydrogen) atoms. The number of anilines is 1. The molecule has 1 aliphatic rings. The third-order valence-electron chi connectivity index (χ3n) is 3.48. The predicted molar refractivity (Wildman–Crippen MR) is 75.9 cm³/mol. The lowest BCUT2D eigenvalue weighted by Crippen LogP contribution is -2.46. The van der Waals surface area contributed by atoms with Crippen molar-refractivity contribution in [1.82, 2.24) is 9.88 Å². The highest BCUT2D eigenvalue weighted by molar-refractivity contribution is 5.39. The van der Waals surface area contributed by atoms with Crippen LogP contribution in [-0.4, -0.2) is 49.2 Å². The SMILES string of the molecule is CCCN1CCN(c2ccc(CCN)cn2)CC1. The number of hydrogen-bond acceptors (Lipinski definition) is 4. The minimum Gasteiger partial charge on any atom is -0.354 e. The second-order valence-corrected chi connectivity index (χ2v) is 4.89. The first-order valence-electron chi connectivity index (χ1n) is 6.95. The molecule has 4 heteroatoms. The van der Waals surface area contributed by atoms with Crippen LogP contribution >= 0.6 is 0 Å². The Kier molecular flexibility index (Phi) is 4.96. The van der Waals surface area contributed by atoms with Crippen LogP contribution in [0.5, 0.6) is 0 Å². The van der Waals surface area contributed by atoms with Crippen molar-refractivity contribution in [2.24, 2.45) is 5.73 Å². The fourth-order valence-corrected chi connectivity index (χ4v) is 2.44. The van der Waals surface area contributed by atoms with Gasteiger partial charge in [-0.15, -0.1) is 0 Å². The van der Waals surface area contributed by atoms with Crippen molar-refractivity contribution in [1.29, 1.82) is 0 Å². The van der Waals surface area contributed by atoms with Gasteiger partial charge in [-0.2, -0.15) is 0 Å². The molecular formula is C14H24N4. The van der Waals surface area contributed by atoms with Gasteiger partial charge in [0.1, 0.15) is 5.82 Å². The van der Waals surface area contributed by atoms with Gasteiger partial charge in [-0.3, -0.25) is 4.90 Å². The number of hydrogen-bond donors (Lipinski definition) is 1. The van der Waals surface area contributed by atoms with E-state index in [0.717, 1.165) is 38.4 Å². The van der Waals surface area contributed by atoms with Crippen LogP contribution in [0, 0.1) is 0 Å². The van der Waals surface area contributed by atoms with E-state index in [2.05, 4.69) is 33.8 Å². The van der Waals surface area contributed by atoms with Gasteiger partial charge in [0.25, 0.3) is 0 Å². The molecule has 1 fully saturated rings. The summed E-state index contributed by atoms with van der Waals surface area (Å²) >= 11 is 0. The fourth-order valence-electron chi connectivity index (χ4n) is 2.44. The first-order valence-corrected chi connectivity index (χ1v) is 6.95. The van der Waals surface area contributed by atoms with Crippen molar-refractivity contribution in [2.45, 2.75) is 19.8 Å². The third kappa shape index (κ3) is 3.43. The van der Waals surface area contributed by atoms with Crippen molar-refractivity contribution in [3.8, 4) is 0 Å². The molecular weight excluding hydrogens is 224 g/mol. The van der Waals surface area contributed by atoms with Crippen LogP contribution in [0.2, 0.25) is 0 Å². The molecule has 2 heterocycles. The zero-order valence-electron chi connectivity index (χ0n) is 11.3. The molecule has 0 spiro atoms. The third-order valence-corrected chi connectivity index (χ3v) is 3.48. The Morgan fingerprint density at radius 3 is 2.56 bits per heavy atom. The summed E-state index contributed by atoms with van der Waals surface area (Å²) in [6.45, 7) is 8.63. The van der Waals surface area contributed by atoms with Gasteiger partial charge < -0.3 is 10.6 Å². The maximum atomic E-state index is 5.54. The van der Waals surface area contributed by atoms with E-state index in [9.17, 15) is 0 Å². The molecule has 2 rings (SSSR count). The van der Waals surface area contributed by atoms with Crippen LogP contribution in [0.1, 0.15) is 18.9 Å². The Morgan fingerprint density at radius 1 is 1.22 bits per heavy atom. The van der Waals surface area contributed by atoms with Gasteiger partial charge in [-0.05, 0) is 37.6 Å². The minimum atomic E-state index is 0.691. The lowest BCUT2D eigenvalue weighted by Gasteiger charge is -2.35. The average Bonchev–Trinajstić information content (AvgIpc) is 2.41. The maximum absolute atomic E-state index is 5.54. The molecule has 0 aliphatic carbocycles. The molecule has 0 saturated carbocycles. The molecule has 1 aromatic rings. The molecule has 0 aromatic carbocycles. The summed E-state index contributed by atoms with van der Waals surface area (Å²) in [6.07, 6.45) is 4.12. The van der Waals surface area contributed by atoms with E-state index in [4.69, 9.17) is 5.73 Å². The predicted octanol–water partition coefficient (Wildman–Crippen LogP) is 1.11. The van der Waals surface area contributed by atoms with Gasteiger partial charge in [0.05, 0.1) is 0 Å². The monoisotopic (exact) mass is 248 g/mol. The Hall–Kier alpha value is -1.13. The Morgan fingerprint density at radius 2 is 2.00 bits per heavy atom. The number of aromatic nitrogens is 1. The van der Waals surface area contributed by atoms with Crippen molar-refractivity contribution in [3.05, 3.63) is 23.9 Å². The molecule has 1 aromatic heterocycles. The van der Waals surface area contributed by atoms with E-state index >= 15 is 0 Å². The quantitative estimate of drug-likeness (QED) is 0.848. The Bertz CT molecular complexity index is 341. The highest BCUT2D eigenvalue weighted by Gasteiger charge is 2.16. The van der Waals surface area contributed by atoms with Crippen molar-refractivity contribution < 1.29 is 0 Å². The molecule has 0 atom stereocenters. The highest BCUT2D eigenvalue weighted by atomic mass is 15.3. The topological polar surface area (TPSA) is 45.4 Å². The largest absolute Gasteiger partial charge is 0.354 e. The number of pyridine rings is 1. The molecule has 0 bridgehead atoms. The summed E-state index contributed by atoms with van der Waals surface area (Å²) in [7, 11) is 0. The molecule has 0 radical (unpaired) electrons. The van der Waals surface area contributed by atoms with Crippen LogP contribution in [0.15, 0.2) is 18.3 Å². The number of nitrogens with zero attached hydrogens (tertiary/aromatic N) is 3. The number of nitrogens with two attached hydrogens (primary N) is 1. The summed E-state index contributed by atoms with van der Waals surface area (Å²) in [4.78, 5) is 9.44. The van der Waals surface area contributed by atoms with Gasteiger partial charge in [-0.25, -0.2) is 4.98 Å². The summed E-state index contributed by atoms with van der Waals surface area (Å²) in [6, 6.07) is 4.27. The first-order chi connectivity index (χ1) is 8.83. The fraction of sp³-hybridized carbons (Fsp3) is 0.643. The van der Waals surface area contributed by atoms with Crippen molar-refractivity contribution in [3.63, 3.8) is 0 Å². The summed E-state index contributed by atoms with van der Waals surface area (Å²) in [5, 5.41) is 0. The summed E-state index contributed by atoms with van der Waals surface area (Å²) in [5.74, 6) is 1.10. The molecule has 1 aliphatic heterocycles. The first kappa shape index (κ1) is 13.3. The number of piperazine rings is 1. The van der Waals surface area contributed by atoms with Crippen LogP contribution in [0.25, 0.3) is 0 Å². The Labute approximate surface area is 110 Å². The lowest BCUT2D eigenvalue weighted by atomic mass is 10.2. The van der Waals surface area contributed by atoms with Gasteiger partial charge >= 0.3 is 0 Å². The van der Waals surface area contributed by atoms with Crippen molar-refractivity contribution >= 4 is 5.82 Å². The zero-order valence-corrected chi connectivity index (χ0v) is 11.3. The van der Waals surface area contributed by atoms with Crippen LogP contribution in [0.4, 0.5) is 5.82 Å². The van der Waals surface area contributed by atoms with E-state index < -0.39 is 0 Å². The van der Waals surface area contributed by atoms with Gasteiger partial charge in [0, 0.05) is 32.4 Å². The van der Waals surface area contributed by atoms with E-state index in [1.807, 2.05) is 6.20 Å². The van der Waals surface area contributed by atoms with E-state index in [1.54, 1.807) is 0 Å². The van der Waals surface area contributed by atoms with Crippen LogP contribution in [-0.2, 0) is 6.42 Å². The molecule has 0 unspecified atom stereocenters. The lowest BCUT2D eigenvalue weighted by molar-refractivity contribution is 0.258. The molecule has 4 nitrogen and oxygen atoms in total. The summed E-state index contributed by atoms with van der Waals surface area (Å²) < 4.78 is 0. The van der Waals surface area contributed by atoms with E-state index in [-0.39, 0.29) is 0 Å². The normalized spacial score (nSPS) is 17.1. The number of rotatable bonds is 5. The van der Waals surface area contributed by atoms with Gasteiger partial charge in [0.15, 0.2) is 0 Å². The molecule has 1 saturated heterocycles. The van der Waals surface area contributed by atoms with E-state index in [0.29, 0.717) is 6.54 Å². The average molecular weight is 248 g/mol. The second kappa shape index (κ2) is 6.71. The smallest absolute Gasteiger partial charge is 0.128 e. The van der Waals surface area contributed by atoms with Gasteiger partial charge in [-0.1, -0.05) is 13.0 Å². The second-order valence-electron chi connectivity index (χ2n) is 4.89. The summed E-state index contributed by atoms with van der Waals surface area (Å²) in [5.41, 5.74) is 6.77. The molecule has 2 N–H and O–H groups in total. The standard InChI is InChI=1S/C14H24N4/c1-2-7-17-8-10-18(11-9-17)14-4-3-13(5-6-15)12-16-14/h3-4,12H,2,5-11,15H2,1H3. The van der Waals surface area contributed by atoms with E-state index in [1.165, 1.54) is 18.5 Å². The minimum absolute atomic E-state index is 0.691. The zero-order chi connectivity index (χ0) is 12.8. The van der Waals surface area contributed by atoms with Crippen LogP contribution in [0.3, 0.4) is 0 Å². The molecule has 100 valence electrons. The van der Waals surface area contributed by atoms with Crippen LogP contribution < -0.4 is 10.6 Å². The van der Waals surface area contributed by atoms with Gasteiger partial charge in [0.2, 0.25) is 0 Å². The highest BCUT2D eigenvalue weighted by Crippen LogP contribution is 2.14. The Balaban J connectivity index is 1.89. The van der Waals surface area contributed by atoms with Crippen molar-refractivity contribution in [2.75, 3.05) is 44.2 Å². The molecule has 0 amide bonds. The maximum Gasteiger partial charge on any atom is 0.128 e.